The predicted molar refractivity (Wildman–Crippen MR) is 63.1 cm³/mol. The highest BCUT2D eigenvalue weighted by atomic mass is 16.3. The van der Waals surface area contributed by atoms with Crippen molar-refractivity contribution in [1.82, 2.24) is 24.5 Å². The first-order valence-corrected chi connectivity index (χ1v) is 5.44. The minimum absolute atomic E-state index is 0.333. The van der Waals surface area contributed by atoms with Crippen molar-refractivity contribution in [2.75, 3.05) is 0 Å². The fourth-order valence-corrected chi connectivity index (χ4v) is 1.77. The molecule has 0 N–H and O–H groups in total. The van der Waals surface area contributed by atoms with Gasteiger partial charge in [-0.1, -0.05) is 5.21 Å². The Morgan fingerprint density at radius 3 is 2.94 bits per heavy atom. The van der Waals surface area contributed by atoms with Crippen LogP contribution < -0.4 is 5.69 Å². The largest absolute Gasteiger partial charge is 0.441 e. The van der Waals surface area contributed by atoms with Crippen molar-refractivity contribution < 1.29 is 4.42 Å². The lowest BCUT2D eigenvalue weighted by Gasteiger charge is -1.94. The average molecular weight is 245 g/mol. The number of hydrogen-bond donors (Lipinski definition) is 0. The van der Waals surface area contributed by atoms with Gasteiger partial charge < -0.3 is 8.98 Å². The van der Waals surface area contributed by atoms with Crippen LogP contribution in [0.1, 0.15) is 11.5 Å². The second kappa shape index (κ2) is 3.80. The molecule has 0 atom stereocenters. The summed E-state index contributed by atoms with van der Waals surface area (Å²) >= 11 is 0. The summed E-state index contributed by atoms with van der Waals surface area (Å²) in [5.74, 6) is 0.688. The van der Waals surface area contributed by atoms with Gasteiger partial charge in [0, 0.05) is 19.4 Å². The second-order valence-electron chi connectivity index (χ2n) is 4.17. The number of nitrogens with zero attached hydrogens (tertiary/aromatic N) is 5. The van der Waals surface area contributed by atoms with E-state index in [1.165, 1.54) is 4.57 Å². The van der Waals surface area contributed by atoms with Crippen LogP contribution in [-0.2, 0) is 13.6 Å². The molecule has 3 heterocycles. The molecule has 7 heteroatoms. The minimum atomic E-state index is -0.333. The average Bonchev–Trinajstić information content (AvgIpc) is 2.86. The van der Waals surface area contributed by atoms with Crippen LogP contribution in [0.5, 0.6) is 0 Å². The summed E-state index contributed by atoms with van der Waals surface area (Å²) in [7, 11) is 1.65. The van der Waals surface area contributed by atoms with Crippen LogP contribution in [0.25, 0.3) is 11.1 Å². The molecule has 3 aromatic rings. The predicted octanol–water partition coefficient (Wildman–Crippen LogP) is 0.475. The minimum Gasteiger partial charge on any atom is -0.441 e. The zero-order chi connectivity index (χ0) is 12.7. The Kier molecular flexibility index (Phi) is 2.26. The standard InChI is InChI=1S/C11H11N5O2/c1-7-4-16(14-13-7)6-9-3-8-5-15(2)11(17)12-10(8)18-9/h3-5H,6H2,1-2H3. The lowest BCUT2D eigenvalue weighted by molar-refractivity contribution is 0.495. The molecule has 0 aromatic carbocycles. The normalized spacial score (nSPS) is 11.2. The van der Waals surface area contributed by atoms with Gasteiger partial charge in [0.05, 0.1) is 11.1 Å². The monoisotopic (exact) mass is 245 g/mol. The van der Waals surface area contributed by atoms with Gasteiger partial charge in [0.1, 0.15) is 12.3 Å². The molecule has 0 radical (unpaired) electrons. The Morgan fingerprint density at radius 2 is 2.22 bits per heavy atom. The number of rotatable bonds is 2. The first-order valence-electron chi connectivity index (χ1n) is 5.44. The van der Waals surface area contributed by atoms with Gasteiger partial charge in [-0.25, -0.2) is 9.48 Å². The number of furan rings is 1. The van der Waals surface area contributed by atoms with Gasteiger partial charge in [0.15, 0.2) is 0 Å². The van der Waals surface area contributed by atoms with Crippen LogP contribution >= 0.6 is 0 Å². The zero-order valence-corrected chi connectivity index (χ0v) is 9.99. The molecule has 0 saturated carbocycles. The molecule has 0 spiro atoms. The fourth-order valence-electron chi connectivity index (χ4n) is 1.77. The Bertz CT molecular complexity index is 767. The van der Waals surface area contributed by atoms with Gasteiger partial charge in [0.25, 0.3) is 0 Å². The molecule has 0 saturated heterocycles. The maximum Gasteiger partial charge on any atom is 0.350 e. The Balaban J connectivity index is 2.01. The molecule has 18 heavy (non-hydrogen) atoms. The van der Waals surface area contributed by atoms with E-state index >= 15 is 0 Å². The van der Waals surface area contributed by atoms with Gasteiger partial charge in [-0.15, -0.1) is 5.10 Å². The smallest absolute Gasteiger partial charge is 0.350 e. The van der Waals surface area contributed by atoms with E-state index < -0.39 is 0 Å². The molecule has 0 aliphatic carbocycles. The molecule has 92 valence electrons. The first-order chi connectivity index (χ1) is 8.61. The van der Waals surface area contributed by atoms with Crippen LogP contribution in [0.2, 0.25) is 0 Å². The topological polar surface area (TPSA) is 78.7 Å². The van der Waals surface area contributed by atoms with Crippen molar-refractivity contribution in [1.29, 1.82) is 0 Å². The van der Waals surface area contributed by atoms with E-state index in [1.807, 2.05) is 19.2 Å². The quantitative estimate of drug-likeness (QED) is 0.656. The molecule has 0 fully saturated rings. The molecule has 0 bridgehead atoms. The third kappa shape index (κ3) is 1.79. The third-order valence-electron chi connectivity index (χ3n) is 2.59. The van der Waals surface area contributed by atoms with Gasteiger partial charge in [-0.3, -0.25) is 0 Å². The van der Waals surface area contributed by atoms with E-state index in [1.54, 1.807) is 17.9 Å². The molecule has 3 aromatic heterocycles. The lowest BCUT2D eigenvalue weighted by Crippen LogP contribution is -2.18. The highest BCUT2D eigenvalue weighted by molar-refractivity contribution is 5.72. The molecule has 0 aliphatic rings. The van der Waals surface area contributed by atoms with Crippen LogP contribution in [0.3, 0.4) is 0 Å². The summed E-state index contributed by atoms with van der Waals surface area (Å²) in [5.41, 5.74) is 0.863. The van der Waals surface area contributed by atoms with E-state index in [2.05, 4.69) is 15.3 Å². The van der Waals surface area contributed by atoms with Crippen LogP contribution in [0.15, 0.2) is 27.7 Å². The number of aryl methyl sites for hydroxylation is 2. The van der Waals surface area contributed by atoms with Gasteiger partial charge in [0.2, 0.25) is 5.71 Å². The van der Waals surface area contributed by atoms with Crippen molar-refractivity contribution >= 4 is 11.1 Å². The summed E-state index contributed by atoms with van der Waals surface area (Å²) in [6.07, 6.45) is 3.52. The Morgan fingerprint density at radius 1 is 1.39 bits per heavy atom. The van der Waals surface area contributed by atoms with Gasteiger partial charge in [-0.2, -0.15) is 4.98 Å². The number of hydrogen-bond acceptors (Lipinski definition) is 5. The van der Waals surface area contributed by atoms with E-state index in [0.29, 0.717) is 18.0 Å². The third-order valence-corrected chi connectivity index (χ3v) is 2.59. The van der Waals surface area contributed by atoms with Gasteiger partial charge in [-0.05, 0) is 13.0 Å². The Hall–Kier alpha value is -2.44. The maximum atomic E-state index is 11.4. The van der Waals surface area contributed by atoms with E-state index in [-0.39, 0.29) is 5.69 Å². The summed E-state index contributed by atoms with van der Waals surface area (Å²) < 4.78 is 8.59. The highest BCUT2D eigenvalue weighted by Gasteiger charge is 2.08. The van der Waals surface area contributed by atoms with Gasteiger partial charge >= 0.3 is 5.69 Å². The molecule has 3 rings (SSSR count). The number of aromatic nitrogens is 5. The van der Waals surface area contributed by atoms with Crippen molar-refractivity contribution in [2.45, 2.75) is 13.5 Å². The van der Waals surface area contributed by atoms with Crippen molar-refractivity contribution in [2.24, 2.45) is 7.05 Å². The van der Waals surface area contributed by atoms with E-state index in [4.69, 9.17) is 4.42 Å². The molecular weight excluding hydrogens is 234 g/mol. The maximum absolute atomic E-state index is 11.4. The van der Waals surface area contributed by atoms with E-state index in [0.717, 1.165) is 11.1 Å². The van der Waals surface area contributed by atoms with Crippen LogP contribution in [-0.4, -0.2) is 24.5 Å². The summed E-state index contributed by atoms with van der Waals surface area (Å²) in [4.78, 5) is 15.2. The van der Waals surface area contributed by atoms with Crippen LogP contribution in [0, 0.1) is 6.92 Å². The molecule has 0 amide bonds. The molecule has 7 nitrogen and oxygen atoms in total. The summed E-state index contributed by atoms with van der Waals surface area (Å²) in [6, 6.07) is 1.85. The first kappa shape index (κ1) is 10.7. The summed E-state index contributed by atoms with van der Waals surface area (Å²) in [5, 5.41) is 8.63. The Labute approximate surface area is 102 Å². The fraction of sp³-hybridized carbons (Fsp3) is 0.273. The highest BCUT2D eigenvalue weighted by Crippen LogP contribution is 2.16. The zero-order valence-electron chi connectivity index (χ0n) is 9.99. The van der Waals surface area contributed by atoms with Crippen molar-refractivity contribution in [3.63, 3.8) is 0 Å². The lowest BCUT2D eigenvalue weighted by atomic mass is 10.3. The molecule has 0 unspecified atom stereocenters. The SMILES string of the molecule is Cc1cn(Cc2cc3cn(C)c(=O)nc3o2)nn1. The second-order valence-corrected chi connectivity index (χ2v) is 4.17. The molecular formula is C11H11N5O2. The molecule has 0 aliphatic heterocycles. The number of fused-ring (bicyclic) bond motifs is 1. The van der Waals surface area contributed by atoms with Crippen LogP contribution in [0.4, 0.5) is 0 Å². The van der Waals surface area contributed by atoms with Crippen molar-refractivity contribution in [3.05, 3.63) is 40.4 Å². The van der Waals surface area contributed by atoms with Crippen molar-refractivity contribution in [3.8, 4) is 0 Å². The summed E-state index contributed by atoms with van der Waals surface area (Å²) in [6.45, 7) is 2.34. The van der Waals surface area contributed by atoms with E-state index in [9.17, 15) is 4.79 Å².